The summed E-state index contributed by atoms with van der Waals surface area (Å²) < 4.78 is 137. The Bertz CT molecular complexity index is 768. The van der Waals surface area contributed by atoms with E-state index in [2.05, 4.69) is 0 Å². The molecule has 0 aliphatic heterocycles. The van der Waals surface area contributed by atoms with E-state index in [4.69, 9.17) is 0 Å². The fourth-order valence-electron chi connectivity index (χ4n) is 2.31. The molecule has 27 heavy (non-hydrogen) atoms. The SMILES string of the molecule is CCCCP(c1c(F)c(F)c(F)c(F)c1F)c1c(F)c(F)c(F)c(F)c1F. The molecule has 0 nitrogen and oxygen atoms in total. The van der Waals surface area contributed by atoms with Crippen LogP contribution in [0.25, 0.3) is 0 Å². The van der Waals surface area contributed by atoms with Crippen LogP contribution in [0.15, 0.2) is 0 Å². The van der Waals surface area contributed by atoms with Gasteiger partial charge in [0.15, 0.2) is 46.5 Å². The van der Waals surface area contributed by atoms with Crippen LogP contribution < -0.4 is 10.6 Å². The zero-order chi connectivity index (χ0) is 20.6. The monoisotopic (exact) mass is 422 g/mol. The summed E-state index contributed by atoms with van der Waals surface area (Å²) in [6, 6.07) is 0. The van der Waals surface area contributed by atoms with E-state index in [1.807, 2.05) is 0 Å². The Hall–Kier alpha value is -1.83. The van der Waals surface area contributed by atoms with Crippen LogP contribution in [-0.4, -0.2) is 6.16 Å². The van der Waals surface area contributed by atoms with Crippen molar-refractivity contribution in [2.24, 2.45) is 0 Å². The van der Waals surface area contributed by atoms with Gasteiger partial charge in [-0.1, -0.05) is 13.3 Å². The molecule has 0 aromatic heterocycles. The van der Waals surface area contributed by atoms with E-state index in [-0.39, 0.29) is 12.8 Å². The first-order chi connectivity index (χ1) is 12.6. The first-order valence-electron chi connectivity index (χ1n) is 7.36. The summed E-state index contributed by atoms with van der Waals surface area (Å²) in [5, 5.41) is -3.20. The van der Waals surface area contributed by atoms with Gasteiger partial charge in [0, 0.05) is 0 Å². The summed E-state index contributed by atoms with van der Waals surface area (Å²) in [6.45, 7) is 1.53. The smallest absolute Gasteiger partial charge is 0.200 e. The van der Waals surface area contributed by atoms with E-state index in [1.165, 1.54) is 6.92 Å². The Morgan fingerprint density at radius 3 is 1.00 bits per heavy atom. The van der Waals surface area contributed by atoms with Gasteiger partial charge in [0.25, 0.3) is 0 Å². The number of unbranched alkanes of at least 4 members (excludes halogenated alkanes) is 1. The molecule has 0 saturated heterocycles. The quantitative estimate of drug-likeness (QED) is 0.265. The molecule has 0 amide bonds. The Morgan fingerprint density at radius 1 is 0.481 bits per heavy atom. The van der Waals surface area contributed by atoms with Crippen LogP contribution >= 0.6 is 7.92 Å². The van der Waals surface area contributed by atoms with Crippen LogP contribution in [0.2, 0.25) is 0 Å². The number of rotatable bonds is 5. The lowest BCUT2D eigenvalue weighted by atomic mass is 10.3. The molecular weight excluding hydrogens is 413 g/mol. The van der Waals surface area contributed by atoms with Crippen LogP contribution in [0.3, 0.4) is 0 Å². The summed E-state index contributed by atoms with van der Waals surface area (Å²) >= 11 is 0. The maximum atomic E-state index is 14.1. The summed E-state index contributed by atoms with van der Waals surface area (Å²) in [6.07, 6.45) is -0.350. The lowest BCUT2D eigenvalue weighted by molar-refractivity contribution is 0.383. The van der Waals surface area contributed by atoms with Crippen LogP contribution in [0.5, 0.6) is 0 Å². The van der Waals surface area contributed by atoms with Crippen LogP contribution in [-0.2, 0) is 0 Å². The van der Waals surface area contributed by atoms with Crippen molar-refractivity contribution in [2.75, 3.05) is 6.16 Å². The van der Waals surface area contributed by atoms with E-state index in [0.717, 1.165) is 0 Å². The molecule has 11 heteroatoms. The molecule has 0 bridgehead atoms. The van der Waals surface area contributed by atoms with Gasteiger partial charge in [-0.05, 0) is 20.5 Å². The van der Waals surface area contributed by atoms with Crippen molar-refractivity contribution in [3.63, 3.8) is 0 Å². The van der Waals surface area contributed by atoms with Crippen molar-refractivity contribution in [1.29, 1.82) is 0 Å². The molecule has 0 aliphatic carbocycles. The van der Waals surface area contributed by atoms with Crippen LogP contribution in [0.4, 0.5) is 43.9 Å². The number of benzene rings is 2. The molecule has 0 radical (unpaired) electrons. The second-order valence-corrected chi connectivity index (χ2v) is 7.54. The topological polar surface area (TPSA) is 0 Å². The highest BCUT2D eigenvalue weighted by molar-refractivity contribution is 7.73. The van der Waals surface area contributed by atoms with Gasteiger partial charge < -0.3 is 0 Å². The standard InChI is InChI=1S/C16H9F10P/c1-2-3-4-27(15-11(23)7(19)5(17)8(20)12(15)24)16-13(25)9(21)6(18)10(22)14(16)26/h2-4H2,1H3. The van der Waals surface area contributed by atoms with E-state index in [0.29, 0.717) is 0 Å². The van der Waals surface area contributed by atoms with Crippen molar-refractivity contribution < 1.29 is 43.9 Å². The molecule has 148 valence electrons. The second kappa shape index (κ2) is 8.04. The average Bonchev–Trinajstić information content (AvgIpc) is 2.65. The zero-order valence-corrected chi connectivity index (χ0v) is 14.2. The van der Waals surface area contributed by atoms with Gasteiger partial charge in [-0.2, -0.15) is 0 Å². The third-order valence-electron chi connectivity index (χ3n) is 3.65. The molecule has 0 fully saturated rings. The van der Waals surface area contributed by atoms with Gasteiger partial charge in [0.2, 0.25) is 11.6 Å². The zero-order valence-electron chi connectivity index (χ0n) is 13.3. The van der Waals surface area contributed by atoms with Crippen LogP contribution in [0, 0.1) is 58.2 Å². The predicted octanol–water partition coefficient (Wildman–Crippen LogP) is 5.31. The number of halogens is 10. The largest absolute Gasteiger partial charge is 0.203 e. The van der Waals surface area contributed by atoms with Crippen molar-refractivity contribution in [3.8, 4) is 0 Å². The molecule has 0 atom stereocenters. The lowest BCUT2D eigenvalue weighted by Crippen LogP contribution is -2.29. The normalized spacial score (nSPS) is 11.6. The Kier molecular flexibility index (Phi) is 6.39. The molecular formula is C16H9F10P. The molecule has 2 aromatic rings. The van der Waals surface area contributed by atoms with E-state index >= 15 is 0 Å². The molecule has 0 saturated carbocycles. The number of hydrogen-bond acceptors (Lipinski definition) is 0. The maximum absolute atomic E-state index is 14.1. The summed E-state index contributed by atoms with van der Waals surface area (Å²) in [5.41, 5.74) is 0. The van der Waals surface area contributed by atoms with Crippen LogP contribution in [0.1, 0.15) is 19.8 Å². The molecule has 0 N–H and O–H groups in total. The Balaban J connectivity index is 2.89. The maximum Gasteiger partial charge on any atom is 0.200 e. The summed E-state index contributed by atoms with van der Waals surface area (Å²) in [4.78, 5) is 0. The summed E-state index contributed by atoms with van der Waals surface area (Å²) in [7, 11) is -3.12. The minimum Gasteiger partial charge on any atom is -0.203 e. The fraction of sp³-hybridized carbons (Fsp3) is 0.250. The molecule has 0 spiro atoms. The van der Waals surface area contributed by atoms with Gasteiger partial charge in [-0.25, -0.2) is 43.9 Å². The van der Waals surface area contributed by atoms with Crippen molar-refractivity contribution in [1.82, 2.24) is 0 Å². The molecule has 0 heterocycles. The third kappa shape index (κ3) is 3.51. The first kappa shape index (κ1) is 21.5. The highest BCUT2D eigenvalue weighted by Gasteiger charge is 2.36. The minimum absolute atomic E-state index is 0.0370. The summed E-state index contributed by atoms with van der Waals surface area (Å²) in [5.74, 6) is -24.0. The molecule has 0 unspecified atom stereocenters. The van der Waals surface area contributed by atoms with Gasteiger partial charge in [-0.15, -0.1) is 0 Å². The highest BCUT2D eigenvalue weighted by Crippen LogP contribution is 2.41. The lowest BCUT2D eigenvalue weighted by Gasteiger charge is -2.22. The van der Waals surface area contributed by atoms with Gasteiger partial charge in [0.05, 0.1) is 10.6 Å². The van der Waals surface area contributed by atoms with E-state index in [9.17, 15) is 43.9 Å². The van der Waals surface area contributed by atoms with Crippen molar-refractivity contribution in [2.45, 2.75) is 19.8 Å². The fourth-order valence-corrected chi connectivity index (χ4v) is 4.96. The third-order valence-corrected chi connectivity index (χ3v) is 6.28. The molecule has 2 aromatic carbocycles. The van der Waals surface area contributed by atoms with E-state index in [1.54, 1.807) is 0 Å². The molecule has 0 aliphatic rings. The first-order valence-corrected chi connectivity index (χ1v) is 8.89. The van der Waals surface area contributed by atoms with Gasteiger partial charge in [-0.3, -0.25) is 0 Å². The Morgan fingerprint density at radius 2 is 0.741 bits per heavy atom. The predicted molar refractivity (Wildman–Crippen MR) is 78.4 cm³/mol. The van der Waals surface area contributed by atoms with Crippen molar-refractivity contribution >= 4 is 18.5 Å². The number of hydrogen-bond donors (Lipinski definition) is 0. The van der Waals surface area contributed by atoms with Gasteiger partial charge in [0.1, 0.15) is 0 Å². The van der Waals surface area contributed by atoms with E-state index < -0.39 is 82.9 Å². The van der Waals surface area contributed by atoms with Gasteiger partial charge >= 0.3 is 0 Å². The van der Waals surface area contributed by atoms with Crippen molar-refractivity contribution in [3.05, 3.63) is 58.2 Å². The second-order valence-electron chi connectivity index (χ2n) is 5.34. The average molecular weight is 422 g/mol. The molecule has 2 rings (SSSR count). The minimum atomic E-state index is -3.12. The Labute approximate surface area is 147 Å². The highest BCUT2D eigenvalue weighted by atomic mass is 31.1.